The van der Waals surface area contributed by atoms with E-state index in [1.54, 1.807) is 0 Å². The van der Waals surface area contributed by atoms with Crippen LogP contribution >= 0.6 is 24.8 Å². The maximum atomic E-state index is 2.12. The first-order valence-corrected chi connectivity index (χ1v) is 3.07. The first-order chi connectivity index (χ1) is 4.47. The third-order valence-corrected chi connectivity index (χ3v) is 1.55. The Morgan fingerprint density at radius 3 is 2.25 bits per heavy atom. The van der Waals surface area contributed by atoms with Gasteiger partial charge in [-0.1, -0.05) is 6.07 Å². The minimum absolute atomic E-state index is 0. The van der Waals surface area contributed by atoms with Crippen LogP contribution in [0, 0.1) is 0 Å². The Morgan fingerprint density at radius 2 is 1.58 bits per heavy atom. The molecule has 0 aliphatic rings. The quantitative estimate of drug-likeness (QED) is 0.495. The van der Waals surface area contributed by atoms with Crippen molar-refractivity contribution in [2.45, 2.75) is 0 Å². The minimum Gasteiger partial charge on any atom is -0.168 e. The van der Waals surface area contributed by atoms with E-state index in [0.717, 1.165) is 0 Å². The summed E-state index contributed by atoms with van der Waals surface area (Å²) in [5.74, 6) is 0. The smallest absolute Gasteiger partial charge is 0 e. The Kier molecular flexibility index (Phi) is 8.33. The maximum absolute atomic E-state index is 2.12. The molecule has 2 aromatic carbocycles. The second-order valence-electron chi connectivity index (χ2n) is 2.15. The minimum atomic E-state index is 0. The summed E-state index contributed by atoms with van der Waals surface area (Å²) in [7, 11) is 0. The van der Waals surface area contributed by atoms with Gasteiger partial charge in [0.05, 0.1) is 0 Å². The van der Waals surface area contributed by atoms with Gasteiger partial charge in [-0.3, -0.25) is 0 Å². The summed E-state index contributed by atoms with van der Waals surface area (Å²) >= 11 is 0. The van der Waals surface area contributed by atoms with Crippen LogP contribution in [-0.2, 0) is 25.8 Å². The fourth-order valence-electron chi connectivity index (χ4n) is 1.07. The van der Waals surface area contributed by atoms with Gasteiger partial charge in [0.15, 0.2) is 0 Å². The summed E-state index contributed by atoms with van der Waals surface area (Å²) in [6.45, 7) is 0. The van der Waals surface area contributed by atoms with E-state index < -0.39 is 0 Å². The Hall–Kier alpha value is 0.280. The number of hydrogen-bond donors (Lipinski definition) is 0. The molecule has 0 amide bonds. The Bertz CT molecular complexity index is 287. The normalized spacial score (nSPS) is 7.67. The monoisotopic (exact) mass is 367 g/mol. The third-order valence-electron chi connectivity index (χ3n) is 1.55. The summed E-state index contributed by atoms with van der Waals surface area (Å²) in [6.07, 6.45) is 0. The molecule has 0 atom stereocenters. The maximum Gasteiger partial charge on any atom is 0 e. The molecule has 0 aliphatic carbocycles. The van der Waals surface area contributed by atoms with Gasteiger partial charge in [-0.15, -0.1) is 54.5 Å². The molecule has 12 heavy (non-hydrogen) atoms. The summed E-state index contributed by atoms with van der Waals surface area (Å²) in [6, 6.07) is 14.7. The Balaban J connectivity index is 0. The van der Waals surface area contributed by atoms with Crippen LogP contribution in [0.25, 0.3) is 10.8 Å². The second kappa shape index (κ2) is 6.76. The molecule has 0 aromatic heterocycles. The van der Waals surface area contributed by atoms with E-state index in [1.807, 2.05) is 0 Å². The molecule has 0 unspecified atom stereocenters. The van der Waals surface area contributed by atoms with Crippen LogP contribution in [0.5, 0.6) is 0 Å². The third kappa shape index (κ3) is 2.96. The van der Waals surface area contributed by atoms with Gasteiger partial charge in [-0.25, -0.2) is 0 Å². The van der Waals surface area contributed by atoms with Crippen LogP contribution in [0.2, 0.25) is 0 Å². The van der Waals surface area contributed by atoms with Crippen molar-refractivity contribution in [1.82, 2.24) is 0 Å². The summed E-state index contributed by atoms with van der Waals surface area (Å²) in [5.41, 5.74) is 0. The van der Waals surface area contributed by atoms with Crippen molar-refractivity contribution in [1.29, 1.82) is 0 Å². The molecule has 2 aromatic rings. The van der Waals surface area contributed by atoms with Crippen molar-refractivity contribution in [3.8, 4) is 0 Å². The molecule has 0 bridgehead atoms. The topological polar surface area (TPSA) is 0 Å². The van der Waals surface area contributed by atoms with E-state index in [-0.39, 0.29) is 50.7 Å². The molecule has 0 fully saturated rings. The fourth-order valence-corrected chi connectivity index (χ4v) is 1.07. The number of benzene rings is 1. The van der Waals surface area contributed by atoms with Gasteiger partial charge in [0.25, 0.3) is 0 Å². The number of halogens is 2. The molecule has 64 valence electrons. The van der Waals surface area contributed by atoms with Gasteiger partial charge < -0.3 is 0 Å². The van der Waals surface area contributed by atoms with Gasteiger partial charge >= 0.3 is 0 Å². The molecular weight excluding hydrogens is 357 g/mol. The Morgan fingerprint density at radius 1 is 0.917 bits per heavy atom. The molecule has 0 aliphatic heterocycles. The van der Waals surface area contributed by atoms with E-state index in [2.05, 4.69) is 42.5 Å². The van der Waals surface area contributed by atoms with Gasteiger partial charge in [0.2, 0.25) is 0 Å². The van der Waals surface area contributed by atoms with Gasteiger partial charge in [0, 0.05) is 25.8 Å². The van der Waals surface area contributed by atoms with Crippen LogP contribution in [0.1, 0.15) is 0 Å². The predicted molar refractivity (Wildman–Crippen MR) is 54.0 cm³/mol. The van der Waals surface area contributed by atoms with E-state index in [9.17, 15) is 0 Å². The molecule has 0 heterocycles. The molecule has 0 spiro atoms. The largest absolute Gasteiger partial charge is 0.168 e. The van der Waals surface area contributed by atoms with Crippen LogP contribution in [-0.4, -0.2) is 0 Å². The summed E-state index contributed by atoms with van der Waals surface area (Å²) in [5, 5.41) is 2.66. The van der Waals surface area contributed by atoms with Crippen molar-refractivity contribution in [2.75, 3.05) is 0 Å². The van der Waals surface area contributed by atoms with Crippen molar-refractivity contribution in [3.63, 3.8) is 0 Å². The van der Waals surface area contributed by atoms with Crippen molar-refractivity contribution >= 4 is 35.6 Å². The first-order valence-electron chi connectivity index (χ1n) is 3.07. The SMILES string of the molecule is Cl.Cl.[Hf].c1ccc2[cH-]ccc2c1. The predicted octanol–water partition coefficient (Wildman–Crippen LogP) is 3.40. The molecular formula is C9H9Cl2Hf-. The number of fused-ring (bicyclic) bond motifs is 1. The number of hydrogen-bond acceptors (Lipinski definition) is 0. The molecule has 3 heteroatoms. The number of rotatable bonds is 0. The van der Waals surface area contributed by atoms with Gasteiger partial charge in [0.1, 0.15) is 0 Å². The molecule has 0 N–H and O–H groups in total. The zero-order valence-electron chi connectivity index (χ0n) is 6.36. The van der Waals surface area contributed by atoms with Crippen LogP contribution in [0.15, 0.2) is 42.5 Å². The first kappa shape index (κ1) is 14.8. The van der Waals surface area contributed by atoms with Gasteiger partial charge in [-0.2, -0.15) is 17.5 Å². The molecule has 0 saturated heterocycles. The van der Waals surface area contributed by atoms with E-state index >= 15 is 0 Å². The second-order valence-corrected chi connectivity index (χ2v) is 2.15. The van der Waals surface area contributed by atoms with Crippen molar-refractivity contribution in [2.24, 2.45) is 0 Å². The van der Waals surface area contributed by atoms with Crippen molar-refractivity contribution < 1.29 is 25.8 Å². The molecule has 2 rings (SSSR count). The summed E-state index contributed by atoms with van der Waals surface area (Å²) in [4.78, 5) is 0. The average Bonchev–Trinajstić information content (AvgIpc) is 2.33. The average molecular weight is 367 g/mol. The van der Waals surface area contributed by atoms with Crippen LogP contribution in [0.3, 0.4) is 0 Å². The molecule has 0 nitrogen and oxygen atoms in total. The fraction of sp³-hybridized carbons (Fsp3) is 0. The zero-order chi connectivity index (χ0) is 6.10. The standard InChI is InChI=1S/C9H7.2ClH.Hf/c1-2-5-9-7-3-6-8(9)4-1;;;/h1-7H;2*1H;/q-1;;;. The van der Waals surface area contributed by atoms with E-state index in [4.69, 9.17) is 0 Å². The zero-order valence-corrected chi connectivity index (χ0v) is 11.6. The van der Waals surface area contributed by atoms with E-state index in [0.29, 0.717) is 0 Å². The molecule has 0 radical (unpaired) electrons. The molecule has 0 saturated carbocycles. The van der Waals surface area contributed by atoms with Crippen LogP contribution in [0.4, 0.5) is 0 Å². The van der Waals surface area contributed by atoms with Gasteiger partial charge in [-0.05, 0) is 0 Å². The van der Waals surface area contributed by atoms with Crippen molar-refractivity contribution in [3.05, 3.63) is 42.5 Å². The van der Waals surface area contributed by atoms with E-state index in [1.165, 1.54) is 10.8 Å². The Labute approximate surface area is 103 Å². The summed E-state index contributed by atoms with van der Waals surface area (Å²) < 4.78 is 0. The van der Waals surface area contributed by atoms with Crippen LogP contribution < -0.4 is 0 Å².